The van der Waals surface area contributed by atoms with Crippen molar-refractivity contribution in [3.8, 4) is 0 Å². The fourth-order valence-corrected chi connectivity index (χ4v) is 3.62. The number of carboxylic acid groups (broad SMARTS) is 1. The van der Waals surface area contributed by atoms with Crippen molar-refractivity contribution >= 4 is 27.3 Å². The molecule has 0 aliphatic heterocycles. The first-order valence-corrected chi connectivity index (χ1v) is 8.26. The highest BCUT2D eigenvalue weighted by Crippen LogP contribution is 2.29. The molecule has 120 valence electrons. The lowest BCUT2D eigenvalue weighted by Gasteiger charge is -2.27. The summed E-state index contributed by atoms with van der Waals surface area (Å²) in [4.78, 5) is 11.7. The summed E-state index contributed by atoms with van der Waals surface area (Å²) < 4.78 is 61.2. The lowest BCUT2D eigenvalue weighted by Crippen LogP contribution is -2.50. The van der Waals surface area contributed by atoms with Crippen molar-refractivity contribution in [2.45, 2.75) is 31.3 Å². The normalized spacial score (nSPS) is 14.3. The van der Waals surface area contributed by atoms with Crippen molar-refractivity contribution in [1.29, 1.82) is 0 Å². The molecule has 1 atom stereocenters. The van der Waals surface area contributed by atoms with E-state index in [-0.39, 0.29) is 17.1 Å². The number of hydrogen-bond acceptors (Lipinski definition) is 4. The number of sulfonamides is 1. The predicted molar refractivity (Wildman–Crippen MR) is 71.4 cm³/mol. The van der Waals surface area contributed by atoms with Crippen LogP contribution in [0.1, 0.15) is 18.2 Å². The van der Waals surface area contributed by atoms with Gasteiger partial charge in [-0.2, -0.15) is 17.5 Å². The first-order chi connectivity index (χ1) is 9.61. The molecular formula is C11H14F3NO4S2. The molecule has 1 unspecified atom stereocenters. The predicted octanol–water partition coefficient (Wildman–Crippen LogP) is 2.31. The van der Waals surface area contributed by atoms with Crippen LogP contribution in [0.15, 0.2) is 17.5 Å². The van der Waals surface area contributed by atoms with Crippen molar-refractivity contribution in [2.75, 3.05) is 6.54 Å². The monoisotopic (exact) mass is 345 g/mol. The maximum absolute atomic E-state index is 12.7. The largest absolute Gasteiger partial charge is 0.511 e. The van der Waals surface area contributed by atoms with Crippen LogP contribution in [-0.4, -0.2) is 41.9 Å². The molecule has 0 aliphatic carbocycles. The van der Waals surface area contributed by atoms with E-state index in [9.17, 15) is 26.4 Å². The summed E-state index contributed by atoms with van der Waals surface area (Å²) in [5, 5.41) is 10.7. The van der Waals surface area contributed by atoms with Gasteiger partial charge in [0.1, 0.15) is 6.04 Å². The average Bonchev–Trinajstić information content (AvgIpc) is 2.85. The van der Waals surface area contributed by atoms with Crippen LogP contribution < -0.4 is 0 Å². The zero-order chi connectivity index (χ0) is 16.3. The third-order valence-corrected chi connectivity index (χ3v) is 5.35. The topological polar surface area (TPSA) is 74.7 Å². The van der Waals surface area contributed by atoms with Gasteiger partial charge >= 0.3 is 21.5 Å². The molecule has 0 aromatic carbocycles. The number of hydrogen-bond donors (Lipinski definition) is 1. The number of thiophene rings is 1. The molecule has 5 nitrogen and oxygen atoms in total. The van der Waals surface area contributed by atoms with Crippen molar-refractivity contribution in [2.24, 2.45) is 0 Å². The summed E-state index contributed by atoms with van der Waals surface area (Å²) in [5.41, 5.74) is -5.52. The van der Waals surface area contributed by atoms with Crippen LogP contribution >= 0.6 is 11.3 Å². The highest BCUT2D eigenvalue weighted by molar-refractivity contribution is 7.90. The molecule has 0 aliphatic rings. The van der Waals surface area contributed by atoms with Gasteiger partial charge in [0.2, 0.25) is 0 Å². The molecule has 21 heavy (non-hydrogen) atoms. The first-order valence-electron chi connectivity index (χ1n) is 5.94. The Morgan fingerprint density at radius 1 is 1.48 bits per heavy atom. The van der Waals surface area contributed by atoms with Gasteiger partial charge in [0, 0.05) is 11.4 Å². The van der Waals surface area contributed by atoms with Crippen LogP contribution in [0, 0.1) is 0 Å². The zero-order valence-corrected chi connectivity index (χ0v) is 12.6. The summed E-state index contributed by atoms with van der Waals surface area (Å²) in [6.45, 7) is 0.788. The van der Waals surface area contributed by atoms with Gasteiger partial charge in [-0.1, -0.05) is 13.0 Å². The van der Waals surface area contributed by atoms with Gasteiger partial charge in [-0.15, -0.1) is 11.3 Å². The second kappa shape index (κ2) is 6.75. The molecule has 0 saturated heterocycles. The standard InChI is InChI=1S/C11H14F3NO4S2/c1-2-9(10(16)17)15(21(18,19)11(12,13)14)6-5-8-4-3-7-20-8/h3-4,7,9H,2,5-6H2,1H3,(H,16,17). The van der Waals surface area contributed by atoms with Gasteiger partial charge in [0.05, 0.1) is 0 Å². The molecular weight excluding hydrogens is 331 g/mol. The summed E-state index contributed by atoms with van der Waals surface area (Å²) >= 11 is 1.26. The summed E-state index contributed by atoms with van der Waals surface area (Å²) in [6, 6.07) is 1.58. The maximum atomic E-state index is 12.7. The molecule has 0 amide bonds. The van der Waals surface area contributed by atoms with Crippen LogP contribution in [0.4, 0.5) is 13.2 Å². The second-order valence-electron chi connectivity index (χ2n) is 4.15. The van der Waals surface area contributed by atoms with Crippen LogP contribution in [0.25, 0.3) is 0 Å². The van der Waals surface area contributed by atoms with E-state index in [0.29, 0.717) is 4.88 Å². The van der Waals surface area contributed by atoms with E-state index < -0.39 is 34.1 Å². The minimum Gasteiger partial charge on any atom is -0.480 e. The highest BCUT2D eigenvalue weighted by atomic mass is 32.2. The van der Waals surface area contributed by atoms with Gasteiger partial charge in [0.25, 0.3) is 0 Å². The van der Waals surface area contributed by atoms with E-state index in [2.05, 4.69) is 0 Å². The highest BCUT2D eigenvalue weighted by Gasteiger charge is 2.52. The van der Waals surface area contributed by atoms with E-state index in [1.807, 2.05) is 0 Å². The fourth-order valence-electron chi connectivity index (χ4n) is 1.75. The average molecular weight is 345 g/mol. The fraction of sp³-hybridized carbons (Fsp3) is 0.545. The Labute approximate surface area is 124 Å². The molecule has 1 aromatic rings. The van der Waals surface area contributed by atoms with Crippen LogP contribution in [0.3, 0.4) is 0 Å². The number of carboxylic acids is 1. The molecule has 1 heterocycles. The van der Waals surface area contributed by atoms with Crippen LogP contribution in [0.5, 0.6) is 0 Å². The summed E-state index contributed by atoms with van der Waals surface area (Å²) in [5.74, 6) is -1.60. The second-order valence-corrected chi connectivity index (χ2v) is 7.07. The molecule has 1 N–H and O–H groups in total. The lowest BCUT2D eigenvalue weighted by atomic mass is 10.2. The number of alkyl halides is 3. The van der Waals surface area contributed by atoms with E-state index >= 15 is 0 Å². The molecule has 1 rings (SSSR count). The smallest absolute Gasteiger partial charge is 0.480 e. The SMILES string of the molecule is CCC(C(=O)O)N(CCc1cccs1)S(=O)(=O)C(F)(F)F. The molecule has 0 fully saturated rings. The Kier molecular flexibility index (Phi) is 5.76. The van der Waals surface area contributed by atoms with E-state index in [1.165, 1.54) is 18.3 Å². The quantitative estimate of drug-likeness (QED) is 0.823. The van der Waals surface area contributed by atoms with Crippen molar-refractivity contribution in [1.82, 2.24) is 4.31 Å². The number of rotatable bonds is 7. The lowest BCUT2D eigenvalue weighted by molar-refractivity contribution is -0.141. The Bertz CT molecular complexity index is 569. The molecule has 0 bridgehead atoms. The Morgan fingerprint density at radius 3 is 2.48 bits per heavy atom. The molecule has 10 heteroatoms. The molecule has 0 saturated carbocycles. The van der Waals surface area contributed by atoms with E-state index in [4.69, 9.17) is 5.11 Å². The third-order valence-electron chi connectivity index (χ3n) is 2.78. The maximum Gasteiger partial charge on any atom is 0.511 e. The minimum atomic E-state index is -5.69. The summed E-state index contributed by atoms with van der Waals surface area (Å²) in [6.07, 6.45) is -0.230. The van der Waals surface area contributed by atoms with Crippen molar-refractivity contribution in [3.63, 3.8) is 0 Å². The third kappa shape index (κ3) is 4.17. The van der Waals surface area contributed by atoms with Gasteiger partial charge in [-0.3, -0.25) is 4.79 Å². The van der Waals surface area contributed by atoms with Crippen molar-refractivity contribution < 1.29 is 31.5 Å². The van der Waals surface area contributed by atoms with Gasteiger partial charge in [0.15, 0.2) is 0 Å². The van der Waals surface area contributed by atoms with Crippen LogP contribution in [-0.2, 0) is 21.2 Å². The van der Waals surface area contributed by atoms with Crippen LogP contribution in [0.2, 0.25) is 0 Å². The Morgan fingerprint density at radius 2 is 2.10 bits per heavy atom. The van der Waals surface area contributed by atoms with Gasteiger partial charge in [-0.05, 0) is 24.3 Å². The number of halogens is 3. The van der Waals surface area contributed by atoms with Gasteiger partial charge in [-0.25, -0.2) is 8.42 Å². The Balaban J connectivity index is 3.08. The van der Waals surface area contributed by atoms with E-state index in [0.717, 1.165) is 0 Å². The number of carbonyl (C=O) groups is 1. The summed E-state index contributed by atoms with van der Waals surface area (Å²) in [7, 11) is -5.69. The first kappa shape index (κ1) is 17.9. The van der Waals surface area contributed by atoms with Gasteiger partial charge < -0.3 is 5.11 Å². The molecule has 1 aromatic heterocycles. The zero-order valence-electron chi connectivity index (χ0n) is 11.0. The molecule has 0 spiro atoms. The minimum absolute atomic E-state index is 0.0229. The van der Waals surface area contributed by atoms with E-state index in [1.54, 1.807) is 17.5 Å². The van der Waals surface area contributed by atoms with Crippen molar-refractivity contribution in [3.05, 3.63) is 22.4 Å². The number of aliphatic carboxylic acids is 1. The molecule has 0 radical (unpaired) electrons. The Hall–Kier alpha value is -1.13. The number of nitrogens with zero attached hydrogens (tertiary/aromatic N) is 1.